The van der Waals surface area contributed by atoms with Gasteiger partial charge in [0.1, 0.15) is 0 Å². The molecule has 0 aliphatic heterocycles. The molecule has 0 saturated heterocycles. The van der Waals surface area contributed by atoms with E-state index in [-0.39, 0.29) is 6.61 Å². The van der Waals surface area contributed by atoms with Gasteiger partial charge in [-0.15, -0.1) is 25.7 Å². The molecule has 0 saturated carbocycles. The van der Waals surface area contributed by atoms with Crippen LogP contribution in [0.1, 0.15) is 6.92 Å². The molecule has 0 aromatic rings. The van der Waals surface area contributed by atoms with Crippen molar-refractivity contribution in [2.45, 2.75) is 6.92 Å². The van der Waals surface area contributed by atoms with Crippen molar-refractivity contribution in [3.63, 3.8) is 0 Å². The third-order valence-electron chi connectivity index (χ3n) is 0. The van der Waals surface area contributed by atoms with Crippen molar-refractivity contribution >= 4 is 0 Å². The second-order valence-corrected chi connectivity index (χ2v) is 0.316. The third-order valence-corrected chi connectivity index (χ3v) is 0. The second kappa shape index (κ2) is 13200. The van der Waals surface area contributed by atoms with Gasteiger partial charge in [-0.25, -0.2) is 0 Å². The Bertz CT molecular complexity index is 27.9. The van der Waals surface area contributed by atoms with Gasteiger partial charge in [0.15, 0.2) is 0 Å². The van der Waals surface area contributed by atoms with Crippen LogP contribution in [0.4, 0.5) is 0 Å². The van der Waals surface area contributed by atoms with Crippen LogP contribution >= 0.6 is 0 Å². The first kappa shape index (κ1) is 16.5. The highest BCUT2D eigenvalue weighted by Crippen LogP contribution is 1.30. The second-order valence-electron chi connectivity index (χ2n) is 0.316. The largest absolute Gasteiger partial charge is 0.397 e. The molecule has 0 atom stereocenters. The van der Waals surface area contributed by atoms with Gasteiger partial charge in [-0.05, 0) is 6.92 Å². The summed E-state index contributed by atoms with van der Waals surface area (Å²) in [4.78, 5) is 0. The lowest BCUT2D eigenvalue weighted by Crippen LogP contribution is -1.57. The molecule has 0 fully saturated rings. The molecule has 40 valence electrons. The fourth-order valence-corrected chi connectivity index (χ4v) is 0. The van der Waals surface area contributed by atoms with Crippen molar-refractivity contribution in [2.75, 3.05) is 6.61 Å². The summed E-state index contributed by atoms with van der Waals surface area (Å²) in [6, 6.07) is 0. The van der Waals surface area contributed by atoms with Gasteiger partial charge >= 0.3 is 0 Å². The maximum Gasteiger partial charge on any atom is 0.0402 e. The lowest BCUT2D eigenvalue weighted by Gasteiger charge is -1.52. The van der Waals surface area contributed by atoms with Gasteiger partial charge in [0.05, 0.1) is 0 Å². The van der Waals surface area contributed by atoms with Crippen LogP contribution in [0.5, 0.6) is 0 Å². The Morgan fingerprint density at radius 3 is 1.14 bits per heavy atom. The van der Waals surface area contributed by atoms with Crippen molar-refractivity contribution in [1.29, 1.82) is 0 Å². The zero-order chi connectivity index (χ0) is 6.71. The first-order chi connectivity index (χ1) is 3.41. The van der Waals surface area contributed by atoms with Crippen molar-refractivity contribution in [3.05, 3.63) is 0 Å². The molecule has 0 amide bonds. The molecule has 0 bridgehead atoms. The van der Waals surface area contributed by atoms with Crippen LogP contribution in [-0.2, 0) is 0 Å². The van der Waals surface area contributed by atoms with E-state index in [4.69, 9.17) is 5.11 Å². The van der Waals surface area contributed by atoms with Crippen molar-refractivity contribution in [2.24, 2.45) is 0 Å². The number of rotatable bonds is 0. The molecule has 7 heavy (non-hydrogen) atoms. The summed E-state index contributed by atoms with van der Waals surface area (Å²) >= 11 is 0. The van der Waals surface area contributed by atoms with Gasteiger partial charge < -0.3 is 5.11 Å². The number of aliphatic hydroxyl groups is 1. The van der Waals surface area contributed by atoms with Gasteiger partial charge in [0, 0.05) is 6.61 Å². The van der Waals surface area contributed by atoms with E-state index in [9.17, 15) is 0 Å². The molecule has 0 radical (unpaired) electrons. The van der Waals surface area contributed by atoms with Crippen molar-refractivity contribution < 1.29 is 5.11 Å². The molecule has 0 spiro atoms. The normalized spacial score (nSPS) is 3.14. The fourth-order valence-electron chi connectivity index (χ4n) is 0. The zero-order valence-corrected chi connectivity index (χ0v) is 4.46. The lowest BCUT2D eigenvalue weighted by atomic mass is 10.9. The maximum atomic E-state index is 7.57. The quantitative estimate of drug-likeness (QED) is 0.437. The number of aliphatic hydroxyl groups excluding tert-OH is 1. The average Bonchev–Trinajstić information content (AvgIpc) is 1.78. The van der Waals surface area contributed by atoms with E-state index in [1.54, 1.807) is 6.92 Å². The van der Waals surface area contributed by atoms with E-state index in [0.717, 1.165) is 0 Å². The summed E-state index contributed by atoms with van der Waals surface area (Å²) in [6.07, 6.45) is 16.0. The standard InChI is InChI=1S/C2H6O.2C2H2/c1-2-3;2*1-2/h3H,2H2,1H3;2*1-2H. The van der Waals surface area contributed by atoms with E-state index >= 15 is 0 Å². The summed E-state index contributed by atoms with van der Waals surface area (Å²) in [5, 5.41) is 7.57. The number of hydrogen-bond donors (Lipinski definition) is 1. The molecule has 0 aromatic heterocycles. The smallest absolute Gasteiger partial charge is 0.0402 e. The Kier molecular flexibility index (Phi) is 31200. The minimum Gasteiger partial charge on any atom is -0.397 e. The molecule has 0 unspecified atom stereocenters. The molecule has 1 N–H and O–H groups in total. The molecular formula is C6H10O. The Morgan fingerprint density at radius 2 is 1.14 bits per heavy atom. The van der Waals surface area contributed by atoms with Crippen LogP contribution < -0.4 is 0 Å². The van der Waals surface area contributed by atoms with Gasteiger partial charge in [0.2, 0.25) is 0 Å². The first-order valence-electron chi connectivity index (χ1n) is 1.69. The highest BCUT2D eigenvalue weighted by atomic mass is 16.2. The molecule has 0 aliphatic rings. The molecule has 0 rings (SSSR count). The SMILES string of the molecule is C#C.C#C.CCO. The highest BCUT2D eigenvalue weighted by molar-refractivity contribution is 4.47. The van der Waals surface area contributed by atoms with Gasteiger partial charge in [-0.3, -0.25) is 0 Å². The fraction of sp³-hybridized carbons (Fsp3) is 0.333. The Labute approximate surface area is 45.4 Å². The predicted molar refractivity (Wildman–Crippen MR) is 32.5 cm³/mol. The monoisotopic (exact) mass is 98.1 g/mol. The summed E-state index contributed by atoms with van der Waals surface area (Å²) in [7, 11) is 0. The van der Waals surface area contributed by atoms with Crippen LogP contribution in [0.3, 0.4) is 0 Å². The number of hydrogen-bond acceptors (Lipinski definition) is 1. The highest BCUT2D eigenvalue weighted by Gasteiger charge is 1.34. The van der Waals surface area contributed by atoms with Crippen molar-refractivity contribution in [3.8, 4) is 25.7 Å². The summed E-state index contributed by atoms with van der Waals surface area (Å²) in [5.41, 5.74) is 0. The minimum atomic E-state index is 0.250. The minimum absolute atomic E-state index is 0.250. The Balaban J connectivity index is -0.0000000360. The Hall–Kier alpha value is -0.920. The maximum absolute atomic E-state index is 7.57. The molecular weight excluding hydrogens is 88.1 g/mol. The van der Waals surface area contributed by atoms with Crippen LogP contribution in [0.2, 0.25) is 0 Å². The van der Waals surface area contributed by atoms with Gasteiger partial charge in [-0.1, -0.05) is 0 Å². The zero-order valence-electron chi connectivity index (χ0n) is 4.46. The molecule has 0 heterocycles. The lowest BCUT2D eigenvalue weighted by molar-refractivity contribution is 0.318. The molecule has 0 aromatic carbocycles. The third kappa shape index (κ3) is 56.9. The van der Waals surface area contributed by atoms with E-state index in [0.29, 0.717) is 0 Å². The van der Waals surface area contributed by atoms with E-state index in [2.05, 4.69) is 25.7 Å². The first-order valence-corrected chi connectivity index (χ1v) is 1.69. The molecule has 0 aliphatic carbocycles. The topological polar surface area (TPSA) is 20.2 Å². The van der Waals surface area contributed by atoms with Gasteiger partial charge in [-0.2, -0.15) is 0 Å². The average molecular weight is 98.1 g/mol. The predicted octanol–water partition coefficient (Wildman–Crippen LogP) is 0.497. The molecule has 1 heteroatoms. The molecule has 1 nitrogen and oxygen atoms in total. The van der Waals surface area contributed by atoms with Crippen LogP contribution in [0.25, 0.3) is 0 Å². The van der Waals surface area contributed by atoms with E-state index < -0.39 is 0 Å². The van der Waals surface area contributed by atoms with Crippen LogP contribution in [0, 0.1) is 25.7 Å². The van der Waals surface area contributed by atoms with E-state index in [1.165, 1.54) is 0 Å². The van der Waals surface area contributed by atoms with Crippen LogP contribution in [-0.4, -0.2) is 11.7 Å². The Morgan fingerprint density at radius 1 is 1.14 bits per heavy atom. The summed E-state index contributed by atoms with van der Waals surface area (Å²) in [5.74, 6) is 0. The summed E-state index contributed by atoms with van der Waals surface area (Å²) < 4.78 is 0. The van der Waals surface area contributed by atoms with E-state index in [1.807, 2.05) is 0 Å². The van der Waals surface area contributed by atoms with Crippen molar-refractivity contribution in [1.82, 2.24) is 0 Å². The number of terminal acetylenes is 2. The van der Waals surface area contributed by atoms with Crippen LogP contribution in [0.15, 0.2) is 0 Å². The van der Waals surface area contributed by atoms with Gasteiger partial charge in [0.25, 0.3) is 0 Å². The summed E-state index contributed by atoms with van der Waals surface area (Å²) in [6.45, 7) is 1.93.